The van der Waals surface area contributed by atoms with Crippen LogP contribution in [0.3, 0.4) is 0 Å². The number of piperidine rings is 1. The first kappa shape index (κ1) is 16.0. The third kappa shape index (κ3) is 5.27. The maximum absolute atomic E-state index is 3.83. The van der Waals surface area contributed by atoms with Crippen LogP contribution in [0.25, 0.3) is 0 Å². The van der Waals surface area contributed by atoms with Crippen molar-refractivity contribution < 1.29 is 0 Å². The molecule has 1 heterocycles. The average molecular weight is 254 g/mol. The number of rotatable bonds is 7. The maximum Gasteiger partial charge on any atom is 0.00704 e. The molecule has 1 aliphatic heterocycles. The first-order valence-electron chi connectivity index (χ1n) is 8.05. The Bertz CT molecular complexity index is 209. The van der Waals surface area contributed by atoms with E-state index in [2.05, 4.69) is 44.8 Å². The number of nitrogens with one attached hydrogen (secondary N) is 1. The van der Waals surface area contributed by atoms with Crippen molar-refractivity contribution in [2.24, 2.45) is 11.8 Å². The molecule has 1 aliphatic rings. The van der Waals surface area contributed by atoms with Crippen molar-refractivity contribution in [3.05, 3.63) is 0 Å². The van der Waals surface area contributed by atoms with Gasteiger partial charge in [0.05, 0.1) is 0 Å². The van der Waals surface area contributed by atoms with E-state index in [1.54, 1.807) is 0 Å². The van der Waals surface area contributed by atoms with Gasteiger partial charge in [-0.15, -0.1) is 0 Å². The minimum Gasteiger partial charge on any atom is -0.311 e. The topological polar surface area (TPSA) is 15.3 Å². The van der Waals surface area contributed by atoms with Crippen LogP contribution in [0, 0.1) is 11.8 Å². The molecule has 3 atom stereocenters. The first-order valence-corrected chi connectivity index (χ1v) is 8.05. The van der Waals surface area contributed by atoms with Crippen molar-refractivity contribution in [3.8, 4) is 0 Å². The molecule has 1 N–H and O–H groups in total. The van der Waals surface area contributed by atoms with Crippen LogP contribution in [0.15, 0.2) is 0 Å². The summed E-state index contributed by atoms with van der Waals surface area (Å²) >= 11 is 0. The van der Waals surface area contributed by atoms with E-state index < -0.39 is 0 Å². The molecule has 0 aliphatic carbocycles. The summed E-state index contributed by atoms with van der Waals surface area (Å²) in [6, 6.07) is 1.35. The zero-order chi connectivity index (χ0) is 13.5. The van der Waals surface area contributed by atoms with Crippen LogP contribution in [0.1, 0.15) is 60.3 Å². The Morgan fingerprint density at radius 1 is 1.11 bits per heavy atom. The Balaban J connectivity index is 2.26. The summed E-state index contributed by atoms with van der Waals surface area (Å²) in [4.78, 5) is 2.58. The zero-order valence-electron chi connectivity index (χ0n) is 13.2. The molecular formula is C16H34N2. The van der Waals surface area contributed by atoms with Crippen LogP contribution in [0.4, 0.5) is 0 Å². The van der Waals surface area contributed by atoms with Gasteiger partial charge in [-0.3, -0.25) is 0 Å². The molecule has 18 heavy (non-hydrogen) atoms. The van der Waals surface area contributed by atoms with Crippen molar-refractivity contribution in [2.75, 3.05) is 19.6 Å². The molecule has 2 heteroatoms. The van der Waals surface area contributed by atoms with Crippen molar-refractivity contribution >= 4 is 0 Å². The van der Waals surface area contributed by atoms with Crippen molar-refractivity contribution in [2.45, 2.75) is 72.4 Å². The van der Waals surface area contributed by atoms with E-state index >= 15 is 0 Å². The second-order valence-electron chi connectivity index (χ2n) is 6.38. The largest absolute Gasteiger partial charge is 0.311 e. The van der Waals surface area contributed by atoms with Crippen molar-refractivity contribution in [1.29, 1.82) is 0 Å². The second kappa shape index (κ2) is 8.16. The Morgan fingerprint density at radius 3 is 2.22 bits per heavy atom. The molecule has 108 valence electrons. The van der Waals surface area contributed by atoms with Gasteiger partial charge in [-0.2, -0.15) is 0 Å². The maximum atomic E-state index is 3.83. The van der Waals surface area contributed by atoms with Gasteiger partial charge in [0.15, 0.2) is 0 Å². The van der Waals surface area contributed by atoms with Gasteiger partial charge < -0.3 is 10.2 Å². The third-order valence-electron chi connectivity index (χ3n) is 4.79. The van der Waals surface area contributed by atoms with E-state index in [1.807, 2.05) is 0 Å². The fourth-order valence-electron chi connectivity index (χ4n) is 3.19. The fraction of sp³-hybridized carbons (Fsp3) is 1.00. The van der Waals surface area contributed by atoms with E-state index in [4.69, 9.17) is 0 Å². The summed E-state index contributed by atoms with van der Waals surface area (Å²) in [5, 5.41) is 3.83. The molecule has 0 amide bonds. The van der Waals surface area contributed by atoms with Gasteiger partial charge in [-0.1, -0.05) is 27.2 Å². The van der Waals surface area contributed by atoms with E-state index in [0.29, 0.717) is 12.1 Å². The van der Waals surface area contributed by atoms with Gasteiger partial charge in [0.1, 0.15) is 0 Å². The van der Waals surface area contributed by atoms with Gasteiger partial charge in [0.25, 0.3) is 0 Å². The molecule has 0 aromatic carbocycles. The molecule has 0 aromatic heterocycles. The number of hydrogen-bond acceptors (Lipinski definition) is 2. The fourth-order valence-corrected chi connectivity index (χ4v) is 3.19. The van der Waals surface area contributed by atoms with Crippen LogP contribution in [-0.4, -0.2) is 36.6 Å². The molecule has 0 aromatic rings. The minimum atomic E-state index is 0.666. The first-order chi connectivity index (χ1) is 8.56. The molecule has 0 bridgehead atoms. The predicted octanol–water partition coefficient (Wildman–Crippen LogP) is 3.52. The highest BCUT2D eigenvalue weighted by atomic mass is 15.1. The lowest BCUT2D eigenvalue weighted by molar-refractivity contribution is 0.163. The SMILES string of the molecule is CCC(C)CC(C)NC(C)C1CCN(CC)CC1. The molecule has 0 spiro atoms. The quantitative estimate of drug-likeness (QED) is 0.748. The smallest absolute Gasteiger partial charge is 0.00704 e. The van der Waals surface area contributed by atoms with Gasteiger partial charge in [0.2, 0.25) is 0 Å². The summed E-state index contributed by atoms with van der Waals surface area (Å²) in [7, 11) is 0. The molecule has 2 nitrogen and oxygen atoms in total. The van der Waals surface area contributed by atoms with E-state index in [9.17, 15) is 0 Å². The summed E-state index contributed by atoms with van der Waals surface area (Å²) < 4.78 is 0. The number of hydrogen-bond donors (Lipinski definition) is 1. The molecular weight excluding hydrogens is 220 g/mol. The second-order valence-corrected chi connectivity index (χ2v) is 6.38. The predicted molar refractivity (Wildman–Crippen MR) is 81.0 cm³/mol. The number of nitrogens with zero attached hydrogens (tertiary/aromatic N) is 1. The van der Waals surface area contributed by atoms with Gasteiger partial charge in [0, 0.05) is 12.1 Å². The zero-order valence-corrected chi connectivity index (χ0v) is 13.2. The lowest BCUT2D eigenvalue weighted by Crippen LogP contribution is -2.45. The monoisotopic (exact) mass is 254 g/mol. The minimum absolute atomic E-state index is 0.666. The molecule has 0 saturated carbocycles. The normalized spacial score (nSPS) is 23.8. The van der Waals surface area contributed by atoms with Crippen LogP contribution in [0.2, 0.25) is 0 Å². The van der Waals surface area contributed by atoms with E-state index in [1.165, 1.54) is 45.3 Å². The van der Waals surface area contributed by atoms with Gasteiger partial charge in [-0.05, 0) is 64.6 Å². The highest BCUT2D eigenvalue weighted by molar-refractivity contribution is 4.81. The standard InChI is InChI=1S/C16H34N2/c1-6-13(3)12-14(4)17-15(5)16-8-10-18(7-2)11-9-16/h13-17H,6-12H2,1-5H3. The average Bonchev–Trinajstić information content (AvgIpc) is 2.38. The third-order valence-corrected chi connectivity index (χ3v) is 4.79. The van der Waals surface area contributed by atoms with Crippen LogP contribution >= 0.6 is 0 Å². The Labute approximate surface area is 115 Å². The Kier molecular flexibility index (Phi) is 7.25. The lowest BCUT2D eigenvalue weighted by atomic mass is 9.89. The van der Waals surface area contributed by atoms with Gasteiger partial charge >= 0.3 is 0 Å². The molecule has 3 unspecified atom stereocenters. The van der Waals surface area contributed by atoms with Crippen LogP contribution in [0.5, 0.6) is 0 Å². The summed E-state index contributed by atoms with van der Waals surface area (Å²) in [5.41, 5.74) is 0. The van der Waals surface area contributed by atoms with E-state index in [0.717, 1.165) is 11.8 Å². The molecule has 1 rings (SSSR count). The van der Waals surface area contributed by atoms with Crippen molar-refractivity contribution in [1.82, 2.24) is 10.2 Å². The van der Waals surface area contributed by atoms with E-state index in [-0.39, 0.29) is 0 Å². The summed E-state index contributed by atoms with van der Waals surface area (Å²) in [6.07, 6.45) is 5.36. The van der Waals surface area contributed by atoms with Crippen LogP contribution < -0.4 is 5.32 Å². The molecule has 1 fully saturated rings. The highest BCUT2D eigenvalue weighted by Gasteiger charge is 2.24. The van der Waals surface area contributed by atoms with Crippen molar-refractivity contribution in [3.63, 3.8) is 0 Å². The highest BCUT2D eigenvalue weighted by Crippen LogP contribution is 2.21. The summed E-state index contributed by atoms with van der Waals surface area (Å²) in [6.45, 7) is 15.5. The Morgan fingerprint density at radius 2 is 1.72 bits per heavy atom. The van der Waals surface area contributed by atoms with Gasteiger partial charge in [-0.25, -0.2) is 0 Å². The summed E-state index contributed by atoms with van der Waals surface area (Å²) in [5.74, 6) is 1.73. The lowest BCUT2D eigenvalue weighted by Gasteiger charge is -2.36. The molecule has 1 saturated heterocycles. The van der Waals surface area contributed by atoms with Crippen LogP contribution in [-0.2, 0) is 0 Å². The number of likely N-dealkylation sites (tertiary alicyclic amines) is 1. The Hall–Kier alpha value is -0.0800. The molecule has 0 radical (unpaired) electrons.